The van der Waals surface area contributed by atoms with E-state index in [-0.39, 0.29) is 24.9 Å². The van der Waals surface area contributed by atoms with E-state index < -0.39 is 12.7 Å². The number of para-hydroxylation sites is 1. The highest BCUT2D eigenvalue weighted by Crippen LogP contribution is 2.27. The monoisotopic (exact) mass is 243 g/mol. The zero-order chi connectivity index (χ0) is 12.3. The first-order valence-corrected chi connectivity index (χ1v) is 5.07. The maximum Gasteiger partial charge on any atom is 0.387 e. The summed E-state index contributed by atoms with van der Waals surface area (Å²) in [4.78, 5) is 11.2. The minimum atomic E-state index is -2.89. The molecule has 1 N–H and O–H groups in total. The Hall–Kier alpha value is -1.69. The summed E-state index contributed by atoms with van der Waals surface area (Å²) < 4.78 is 33.9. The van der Waals surface area contributed by atoms with Crippen molar-refractivity contribution in [2.24, 2.45) is 0 Å². The van der Waals surface area contributed by atoms with Gasteiger partial charge in [-0.25, -0.2) is 0 Å². The molecule has 0 radical (unpaired) electrons. The van der Waals surface area contributed by atoms with Gasteiger partial charge in [0.2, 0.25) is 5.91 Å². The van der Waals surface area contributed by atoms with E-state index in [4.69, 9.17) is 4.74 Å². The van der Waals surface area contributed by atoms with E-state index in [0.717, 1.165) is 0 Å². The number of nitrogens with one attached hydrogen (secondary N) is 1. The van der Waals surface area contributed by atoms with Crippen LogP contribution in [0.15, 0.2) is 24.3 Å². The van der Waals surface area contributed by atoms with Crippen molar-refractivity contribution in [3.63, 3.8) is 0 Å². The minimum absolute atomic E-state index is 0.00558. The van der Waals surface area contributed by atoms with Crippen LogP contribution in [0.3, 0.4) is 0 Å². The fourth-order valence-electron chi connectivity index (χ4n) is 1.69. The fraction of sp³-hybridized carbons (Fsp3) is 0.364. The normalized spacial score (nSPS) is 20.2. The van der Waals surface area contributed by atoms with Gasteiger partial charge in [-0.3, -0.25) is 4.79 Å². The number of morpholine rings is 1. The molecule has 1 aliphatic rings. The topological polar surface area (TPSA) is 47.6 Å². The molecule has 1 aliphatic heterocycles. The van der Waals surface area contributed by atoms with Gasteiger partial charge < -0.3 is 14.8 Å². The molecule has 1 aromatic carbocycles. The van der Waals surface area contributed by atoms with E-state index in [0.29, 0.717) is 5.56 Å². The Morgan fingerprint density at radius 3 is 2.88 bits per heavy atom. The van der Waals surface area contributed by atoms with Crippen LogP contribution in [0.4, 0.5) is 8.78 Å². The lowest BCUT2D eigenvalue weighted by atomic mass is 10.1. The summed E-state index contributed by atoms with van der Waals surface area (Å²) >= 11 is 0. The van der Waals surface area contributed by atoms with Crippen molar-refractivity contribution in [3.05, 3.63) is 29.8 Å². The number of hydrogen-bond donors (Lipinski definition) is 1. The SMILES string of the molecule is O=C1COC[C@H](c2ccccc2OC(F)F)N1. The van der Waals surface area contributed by atoms with Crippen LogP contribution in [0.1, 0.15) is 11.6 Å². The van der Waals surface area contributed by atoms with Gasteiger partial charge in [-0.05, 0) is 6.07 Å². The predicted octanol–water partition coefficient (Wildman–Crippen LogP) is 1.48. The van der Waals surface area contributed by atoms with E-state index in [2.05, 4.69) is 10.1 Å². The Morgan fingerprint density at radius 1 is 1.41 bits per heavy atom. The first-order valence-electron chi connectivity index (χ1n) is 5.07. The van der Waals surface area contributed by atoms with Crippen molar-refractivity contribution in [2.45, 2.75) is 12.7 Å². The molecular formula is C11H11F2NO3. The molecule has 1 atom stereocenters. The Kier molecular flexibility index (Phi) is 3.53. The third-order valence-corrected chi connectivity index (χ3v) is 2.36. The molecule has 1 heterocycles. The second-order valence-electron chi connectivity index (χ2n) is 3.55. The number of halogens is 2. The number of rotatable bonds is 3. The predicted molar refractivity (Wildman–Crippen MR) is 54.8 cm³/mol. The highest BCUT2D eigenvalue weighted by atomic mass is 19.3. The van der Waals surface area contributed by atoms with Crippen molar-refractivity contribution in [1.29, 1.82) is 0 Å². The molecule has 2 rings (SSSR count). The average molecular weight is 243 g/mol. The smallest absolute Gasteiger partial charge is 0.387 e. The Balaban J connectivity index is 2.21. The Morgan fingerprint density at radius 2 is 2.18 bits per heavy atom. The third kappa shape index (κ3) is 2.91. The summed E-state index contributed by atoms with van der Waals surface area (Å²) in [5, 5.41) is 2.66. The summed E-state index contributed by atoms with van der Waals surface area (Å²) in [5.41, 5.74) is 0.487. The highest BCUT2D eigenvalue weighted by molar-refractivity contribution is 5.78. The van der Waals surface area contributed by atoms with Gasteiger partial charge >= 0.3 is 6.61 Å². The molecule has 1 amide bonds. The number of alkyl halides is 2. The number of carbonyl (C=O) groups is 1. The van der Waals surface area contributed by atoms with Crippen LogP contribution in [-0.4, -0.2) is 25.7 Å². The average Bonchev–Trinajstić information content (AvgIpc) is 2.29. The van der Waals surface area contributed by atoms with Crippen molar-refractivity contribution >= 4 is 5.91 Å². The molecule has 0 aliphatic carbocycles. The van der Waals surface area contributed by atoms with Gasteiger partial charge in [0.05, 0.1) is 12.6 Å². The molecule has 4 nitrogen and oxygen atoms in total. The second kappa shape index (κ2) is 5.09. The van der Waals surface area contributed by atoms with Gasteiger partial charge in [0.15, 0.2) is 0 Å². The molecule has 0 saturated carbocycles. The van der Waals surface area contributed by atoms with E-state index in [1.54, 1.807) is 18.2 Å². The number of ether oxygens (including phenoxy) is 2. The van der Waals surface area contributed by atoms with E-state index in [1.807, 2.05) is 0 Å². The summed E-state index contributed by atoms with van der Waals surface area (Å²) in [7, 11) is 0. The van der Waals surface area contributed by atoms with Crippen LogP contribution in [0, 0.1) is 0 Å². The van der Waals surface area contributed by atoms with Crippen LogP contribution in [0.2, 0.25) is 0 Å². The zero-order valence-electron chi connectivity index (χ0n) is 8.86. The van der Waals surface area contributed by atoms with Crippen LogP contribution in [0.25, 0.3) is 0 Å². The first kappa shape index (κ1) is 11.8. The van der Waals surface area contributed by atoms with Crippen molar-refractivity contribution in [2.75, 3.05) is 13.2 Å². The molecule has 0 aromatic heterocycles. The maximum absolute atomic E-state index is 12.2. The molecule has 0 unspecified atom stereocenters. The standard InChI is InChI=1S/C11H11F2NO3/c12-11(13)17-9-4-2-1-3-7(9)8-5-16-6-10(15)14-8/h1-4,8,11H,5-6H2,(H,14,15)/t8-/m1/s1. The second-order valence-corrected chi connectivity index (χ2v) is 3.55. The van der Waals surface area contributed by atoms with Gasteiger partial charge in [-0.15, -0.1) is 0 Å². The lowest BCUT2D eigenvalue weighted by Crippen LogP contribution is -2.39. The molecule has 0 spiro atoms. The quantitative estimate of drug-likeness (QED) is 0.874. The van der Waals surface area contributed by atoms with Gasteiger partial charge in [-0.1, -0.05) is 18.2 Å². The van der Waals surface area contributed by atoms with Crippen molar-refractivity contribution in [1.82, 2.24) is 5.32 Å². The van der Waals surface area contributed by atoms with Gasteiger partial charge in [0.25, 0.3) is 0 Å². The summed E-state index contributed by atoms with van der Waals surface area (Å²) in [6.45, 7) is -2.65. The van der Waals surface area contributed by atoms with Gasteiger partial charge in [-0.2, -0.15) is 8.78 Å². The number of hydrogen-bond acceptors (Lipinski definition) is 3. The molecule has 92 valence electrons. The van der Waals surface area contributed by atoms with E-state index in [1.165, 1.54) is 6.07 Å². The van der Waals surface area contributed by atoms with Crippen LogP contribution in [0.5, 0.6) is 5.75 Å². The highest BCUT2D eigenvalue weighted by Gasteiger charge is 2.23. The molecule has 1 saturated heterocycles. The lowest BCUT2D eigenvalue weighted by molar-refractivity contribution is -0.131. The first-order chi connectivity index (χ1) is 8.16. The zero-order valence-corrected chi connectivity index (χ0v) is 8.86. The van der Waals surface area contributed by atoms with Gasteiger partial charge in [0, 0.05) is 5.56 Å². The largest absolute Gasteiger partial charge is 0.434 e. The third-order valence-electron chi connectivity index (χ3n) is 2.36. The Bertz CT molecular complexity index is 411. The molecule has 17 heavy (non-hydrogen) atoms. The molecule has 1 fully saturated rings. The molecular weight excluding hydrogens is 232 g/mol. The lowest BCUT2D eigenvalue weighted by Gasteiger charge is -2.25. The van der Waals surface area contributed by atoms with Crippen LogP contribution >= 0.6 is 0 Å². The van der Waals surface area contributed by atoms with Gasteiger partial charge in [0.1, 0.15) is 12.4 Å². The summed E-state index contributed by atoms with van der Waals surface area (Å²) in [6, 6.07) is 5.88. The van der Waals surface area contributed by atoms with E-state index >= 15 is 0 Å². The number of carbonyl (C=O) groups excluding carboxylic acids is 1. The Labute approximate surface area is 96.5 Å². The van der Waals surface area contributed by atoms with Crippen LogP contribution in [-0.2, 0) is 9.53 Å². The molecule has 1 aromatic rings. The molecule has 0 bridgehead atoms. The number of amides is 1. The number of benzene rings is 1. The van der Waals surface area contributed by atoms with Crippen molar-refractivity contribution in [3.8, 4) is 5.75 Å². The summed E-state index contributed by atoms with van der Waals surface area (Å²) in [5.74, 6) is -0.216. The summed E-state index contributed by atoms with van der Waals surface area (Å²) in [6.07, 6.45) is 0. The van der Waals surface area contributed by atoms with E-state index in [9.17, 15) is 13.6 Å². The molecule has 6 heteroatoms. The van der Waals surface area contributed by atoms with Crippen LogP contribution < -0.4 is 10.1 Å². The minimum Gasteiger partial charge on any atom is -0.434 e. The fourth-order valence-corrected chi connectivity index (χ4v) is 1.69. The maximum atomic E-state index is 12.2. The van der Waals surface area contributed by atoms with Crippen molar-refractivity contribution < 1.29 is 23.0 Å².